The summed E-state index contributed by atoms with van der Waals surface area (Å²) < 4.78 is 18.6. The number of likely N-dealkylation sites (tertiary alicyclic amines) is 1. The van der Waals surface area contributed by atoms with Crippen LogP contribution in [0.3, 0.4) is 0 Å². The first-order valence-corrected chi connectivity index (χ1v) is 29.3. The predicted molar refractivity (Wildman–Crippen MR) is 320 cm³/mol. The third kappa shape index (κ3) is 15.3. The Kier molecular flexibility index (Phi) is 19.0. The maximum Gasteiger partial charge on any atom is 0.412 e. The maximum absolute atomic E-state index is 14.0. The molecule has 22 nitrogen and oxygen atoms in total. The average Bonchev–Trinajstić information content (AvgIpc) is 2.33. The number of nitrogens with zero attached hydrogens (tertiary/aromatic N) is 9. The van der Waals surface area contributed by atoms with Crippen molar-refractivity contribution in [3.63, 3.8) is 0 Å². The third-order valence-corrected chi connectivity index (χ3v) is 15.5. The fraction of sp³-hybridized carbons (Fsp3) is 0.413. The third-order valence-electron chi connectivity index (χ3n) is 15.5. The smallest absolute Gasteiger partial charge is 0.412 e. The van der Waals surface area contributed by atoms with Gasteiger partial charge in [0.25, 0.3) is 11.8 Å². The number of benzene rings is 2. The van der Waals surface area contributed by atoms with Crippen LogP contribution in [0.25, 0.3) is 28.3 Å². The van der Waals surface area contributed by atoms with Crippen LogP contribution in [0.2, 0.25) is 0 Å². The van der Waals surface area contributed by atoms with Gasteiger partial charge in [0.1, 0.15) is 34.8 Å². The number of piperidine rings is 1. The number of hydrogen-bond acceptors (Lipinski definition) is 15. The normalized spacial score (nSPS) is 17.4. The van der Waals surface area contributed by atoms with Gasteiger partial charge < -0.3 is 40.0 Å². The maximum atomic E-state index is 14.0. The van der Waals surface area contributed by atoms with Gasteiger partial charge in [0, 0.05) is 67.4 Å². The summed E-state index contributed by atoms with van der Waals surface area (Å²) in [6.45, 7) is 11.8. The van der Waals surface area contributed by atoms with Gasteiger partial charge in [-0.25, -0.2) is 24.7 Å². The summed E-state index contributed by atoms with van der Waals surface area (Å²) in [4.78, 5) is 89.3. The molecule has 5 N–H and O–H groups in total. The van der Waals surface area contributed by atoms with Crippen molar-refractivity contribution in [2.45, 2.75) is 116 Å². The second kappa shape index (κ2) is 27.2. The molecule has 0 spiro atoms. The number of nitrogens with one attached hydrogen (secondary N) is 5. The molecule has 0 radical (unpaired) electrons. The Bertz CT molecular complexity index is 3420. The van der Waals surface area contributed by atoms with Crippen molar-refractivity contribution in [3.05, 3.63) is 144 Å². The van der Waals surface area contributed by atoms with E-state index in [9.17, 15) is 24.0 Å². The number of anilines is 3. The molecule has 1 saturated carbocycles. The average molecular weight is 1160 g/mol. The number of aromatic nitrogens is 8. The summed E-state index contributed by atoms with van der Waals surface area (Å²) in [6.07, 6.45) is 9.36. The molecule has 7 aromatic rings. The standard InChI is InChI=1S/C63H74N14O8/c1-40(67-59(79)45-18-16-42(17-19-45)43-20-22-47(23-21-43)70-62(82)85-63(3,4)5)51-38-56(69-41(2)68-51)76-53-14-7-6-11-46(53)37-54(76)61(81)65-30-34-84-36-35-83-33-27-58(78)75-31-25-44(26-32-75)52-39-57(77(74-52)55-15-8-9-28-64-55)72-60(80)50-13-10-12-48(71-50)49-24-29-66-73-49/h8-10,12-13,15-24,28-29,38-40,44,46,53-54H,6-7,11,14,25-27,30-37H2,1-5H3,(H,65,81)(H,66,73)(H,67,79)(H,70,82)(H,72,80)/t40?,46-,53-,54?/m0/s1. The number of carbonyl (C=O) groups excluding carboxylic acids is 5. The van der Waals surface area contributed by atoms with E-state index in [1.165, 1.54) is 0 Å². The highest BCUT2D eigenvalue weighted by atomic mass is 16.6. The highest BCUT2D eigenvalue weighted by Crippen LogP contribution is 2.42. The summed E-state index contributed by atoms with van der Waals surface area (Å²) in [5.74, 6) is 1.96. The van der Waals surface area contributed by atoms with Gasteiger partial charge in [-0.1, -0.05) is 49.2 Å². The summed E-state index contributed by atoms with van der Waals surface area (Å²) >= 11 is 0. The molecule has 444 valence electrons. The van der Waals surface area contributed by atoms with E-state index >= 15 is 0 Å². The molecule has 2 unspecified atom stereocenters. The van der Waals surface area contributed by atoms with Crippen LogP contribution in [0.5, 0.6) is 0 Å². The van der Waals surface area contributed by atoms with Gasteiger partial charge >= 0.3 is 6.09 Å². The van der Waals surface area contributed by atoms with Crippen LogP contribution in [0.4, 0.5) is 22.1 Å². The summed E-state index contributed by atoms with van der Waals surface area (Å²) in [7, 11) is 0. The number of aryl methyl sites for hydroxylation is 1. The molecule has 7 heterocycles. The van der Waals surface area contributed by atoms with Gasteiger partial charge in [0.2, 0.25) is 11.8 Å². The molecule has 3 fully saturated rings. The Labute approximate surface area is 494 Å². The highest BCUT2D eigenvalue weighted by Gasteiger charge is 2.46. The zero-order chi connectivity index (χ0) is 59.5. The highest BCUT2D eigenvalue weighted by molar-refractivity contribution is 6.03. The summed E-state index contributed by atoms with van der Waals surface area (Å²) in [6, 6.07) is 30.3. The minimum atomic E-state index is -0.604. The predicted octanol–water partition coefficient (Wildman–Crippen LogP) is 8.99. The number of hydrogen-bond donors (Lipinski definition) is 5. The Morgan fingerprint density at radius 3 is 2.24 bits per heavy atom. The van der Waals surface area contributed by atoms with E-state index in [4.69, 9.17) is 29.3 Å². The number of fused-ring (bicyclic) bond motifs is 1. The molecule has 2 aromatic carbocycles. The molecular weight excluding hydrogens is 1080 g/mol. The SMILES string of the molecule is Cc1nc(C(C)NC(=O)c2ccc(-c3ccc(NC(=O)OC(C)(C)C)cc3)cc2)cc(N2C(C(=O)NCCOCCOCCC(=O)N3CCC(c4cc(NC(=O)c5cccc(-c6ccn[nH]6)n5)n(-c5ccccn5)n4)CC3)C[C@@H]3CCCC[C@@H]32)n1. The van der Waals surface area contributed by atoms with Crippen LogP contribution in [0, 0.1) is 12.8 Å². The van der Waals surface area contributed by atoms with Gasteiger partial charge in [-0.05, 0) is 138 Å². The number of amides is 5. The minimum Gasteiger partial charge on any atom is -0.444 e. The zero-order valence-corrected chi connectivity index (χ0v) is 48.8. The van der Waals surface area contributed by atoms with E-state index in [0.29, 0.717) is 110 Å². The van der Waals surface area contributed by atoms with Crippen LogP contribution in [-0.4, -0.2) is 138 Å². The molecule has 10 rings (SSSR count). The number of ether oxygens (including phenoxy) is 3. The van der Waals surface area contributed by atoms with Crippen LogP contribution < -0.4 is 26.2 Å². The van der Waals surface area contributed by atoms with E-state index in [2.05, 4.69) is 46.3 Å². The van der Waals surface area contributed by atoms with E-state index in [0.717, 1.165) is 48.9 Å². The second-order valence-electron chi connectivity index (χ2n) is 22.8. The molecule has 5 aromatic heterocycles. The number of rotatable bonds is 21. The second-order valence-corrected chi connectivity index (χ2v) is 22.8. The first-order chi connectivity index (χ1) is 41.1. The first kappa shape index (κ1) is 59.3. The molecule has 2 saturated heterocycles. The number of aromatic amines is 1. The van der Waals surface area contributed by atoms with Crippen molar-refractivity contribution in [2.24, 2.45) is 5.92 Å². The monoisotopic (exact) mass is 1150 g/mol. The summed E-state index contributed by atoms with van der Waals surface area (Å²) in [5.41, 5.74) is 5.31. The van der Waals surface area contributed by atoms with Gasteiger partial charge in [-0.15, -0.1) is 0 Å². The van der Waals surface area contributed by atoms with E-state index in [1.54, 1.807) is 65.6 Å². The molecule has 85 heavy (non-hydrogen) atoms. The number of H-pyrrole nitrogens is 1. The number of carbonyl (C=O) groups is 5. The number of pyridine rings is 2. The van der Waals surface area contributed by atoms with Crippen LogP contribution in [0.1, 0.15) is 129 Å². The fourth-order valence-electron chi connectivity index (χ4n) is 11.3. The molecule has 0 bridgehead atoms. The molecule has 5 amide bonds. The Morgan fingerprint density at radius 2 is 1.51 bits per heavy atom. The molecule has 3 aliphatic rings. The van der Waals surface area contributed by atoms with Crippen molar-refractivity contribution in [1.29, 1.82) is 0 Å². The molecular formula is C63H74N14O8. The van der Waals surface area contributed by atoms with E-state index < -0.39 is 29.7 Å². The Hall–Kier alpha value is -8.89. The minimum absolute atomic E-state index is 0.0190. The lowest BCUT2D eigenvalue weighted by Crippen LogP contribution is -2.48. The zero-order valence-electron chi connectivity index (χ0n) is 48.8. The van der Waals surface area contributed by atoms with Crippen LogP contribution in [-0.2, 0) is 23.8 Å². The van der Waals surface area contributed by atoms with Gasteiger partial charge in [-0.2, -0.15) is 14.9 Å². The van der Waals surface area contributed by atoms with Gasteiger partial charge in [0.05, 0.1) is 61.7 Å². The topological polar surface area (TPSA) is 266 Å². The van der Waals surface area contributed by atoms with Gasteiger partial charge in [-0.3, -0.25) is 29.6 Å². The Balaban J connectivity index is 0.647. The van der Waals surface area contributed by atoms with Crippen molar-refractivity contribution in [2.75, 3.05) is 61.6 Å². The molecule has 4 atom stereocenters. The van der Waals surface area contributed by atoms with Crippen molar-refractivity contribution < 1.29 is 38.2 Å². The van der Waals surface area contributed by atoms with Crippen molar-refractivity contribution >= 4 is 47.0 Å². The first-order valence-electron chi connectivity index (χ1n) is 29.3. The summed E-state index contributed by atoms with van der Waals surface area (Å²) in [5, 5.41) is 23.7. The van der Waals surface area contributed by atoms with Crippen LogP contribution >= 0.6 is 0 Å². The van der Waals surface area contributed by atoms with Crippen LogP contribution in [0.15, 0.2) is 116 Å². The molecule has 2 aliphatic heterocycles. The lowest BCUT2D eigenvalue weighted by Gasteiger charge is -2.35. The van der Waals surface area contributed by atoms with E-state index in [-0.39, 0.29) is 48.4 Å². The lowest BCUT2D eigenvalue weighted by molar-refractivity contribution is -0.133. The van der Waals surface area contributed by atoms with Gasteiger partial charge in [0.15, 0.2) is 5.82 Å². The molecule has 1 aliphatic carbocycles. The Morgan fingerprint density at radius 1 is 0.753 bits per heavy atom. The largest absolute Gasteiger partial charge is 0.444 e. The lowest BCUT2D eigenvalue weighted by atomic mass is 9.84. The van der Waals surface area contributed by atoms with Crippen molar-refractivity contribution in [3.8, 4) is 28.3 Å². The van der Waals surface area contributed by atoms with Crippen molar-refractivity contribution in [1.82, 2.24) is 55.4 Å². The quantitative estimate of drug-likeness (QED) is 0.0420. The van der Waals surface area contributed by atoms with E-state index in [1.807, 2.05) is 94.1 Å². The molecule has 22 heteroatoms. The fourth-order valence-corrected chi connectivity index (χ4v) is 11.3.